The lowest BCUT2D eigenvalue weighted by atomic mass is 9.83. The summed E-state index contributed by atoms with van der Waals surface area (Å²) in [6.07, 6.45) is 4.50. The first-order valence-corrected chi connectivity index (χ1v) is 8.40. The zero-order valence-electron chi connectivity index (χ0n) is 11.6. The van der Waals surface area contributed by atoms with Crippen molar-refractivity contribution in [3.63, 3.8) is 0 Å². The van der Waals surface area contributed by atoms with Gasteiger partial charge in [0, 0.05) is 6.54 Å². The molecule has 21 heavy (non-hydrogen) atoms. The van der Waals surface area contributed by atoms with Crippen LogP contribution in [0.15, 0.2) is 29.2 Å². The number of benzene rings is 1. The van der Waals surface area contributed by atoms with Gasteiger partial charge in [0.1, 0.15) is 5.75 Å². The molecule has 0 amide bonds. The number of hydrogen-bond donors (Lipinski definition) is 2. The molecule has 0 aromatic heterocycles. The van der Waals surface area contributed by atoms with E-state index in [0.29, 0.717) is 18.2 Å². The van der Waals surface area contributed by atoms with E-state index in [2.05, 4.69) is 4.72 Å². The Kier molecular flexibility index (Phi) is 5.19. The van der Waals surface area contributed by atoms with E-state index in [1.807, 2.05) is 0 Å². The molecule has 0 atom stereocenters. The summed E-state index contributed by atoms with van der Waals surface area (Å²) in [5, 5.41) is 8.49. The molecular formula is C14H19NO5S. The van der Waals surface area contributed by atoms with Crippen molar-refractivity contribution in [2.24, 2.45) is 5.92 Å². The predicted molar refractivity (Wildman–Crippen MR) is 76.7 cm³/mol. The molecule has 1 aromatic carbocycles. The fraction of sp³-hybridized carbons (Fsp3) is 0.500. The van der Waals surface area contributed by atoms with Crippen molar-refractivity contribution in [2.45, 2.75) is 30.6 Å². The van der Waals surface area contributed by atoms with Gasteiger partial charge < -0.3 is 9.84 Å². The van der Waals surface area contributed by atoms with Crippen molar-refractivity contribution in [1.82, 2.24) is 4.72 Å². The summed E-state index contributed by atoms with van der Waals surface area (Å²) < 4.78 is 31.6. The Balaban J connectivity index is 1.87. The van der Waals surface area contributed by atoms with E-state index >= 15 is 0 Å². The predicted octanol–water partition coefficient (Wildman–Crippen LogP) is 1.62. The Hall–Kier alpha value is -1.60. The highest BCUT2D eigenvalue weighted by atomic mass is 32.2. The number of rotatable bonds is 8. The SMILES string of the molecule is O=C(O)COc1ccc(S(=O)(=O)NCCC2CCC2)cc1. The van der Waals surface area contributed by atoms with Crippen molar-refractivity contribution in [1.29, 1.82) is 0 Å². The molecule has 1 aliphatic carbocycles. The molecular weight excluding hydrogens is 294 g/mol. The molecule has 116 valence electrons. The molecule has 1 saturated carbocycles. The van der Waals surface area contributed by atoms with Gasteiger partial charge in [0.05, 0.1) is 4.90 Å². The average molecular weight is 313 g/mol. The monoisotopic (exact) mass is 313 g/mol. The second-order valence-corrected chi connectivity index (χ2v) is 6.90. The lowest BCUT2D eigenvalue weighted by Gasteiger charge is -2.25. The quantitative estimate of drug-likeness (QED) is 0.761. The van der Waals surface area contributed by atoms with E-state index in [9.17, 15) is 13.2 Å². The third kappa shape index (κ3) is 4.71. The number of carboxylic acids is 1. The van der Waals surface area contributed by atoms with Crippen LogP contribution in [-0.2, 0) is 14.8 Å². The largest absolute Gasteiger partial charge is 0.482 e. The van der Waals surface area contributed by atoms with Gasteiger partial charge in [-0.15, -0.1) is 0 Å². The van der Waals surface area contributed by atoms with Crippen LogP contribution in [0, 0.1) is 5.92 Å². The maximum Gasteiger partial charge on any atom is 0.341 e. The van der Waals surface area contributed by atoms with E-state index in [0.717, 1.165) is 6.42 Å². The van der Waals surface area contributed by atoms with Gasteiger partial charge in [-0.1, -0.05) is 19.3 Å². The zero-order chi connectivity index (χ0) is 15.3. The summed E-state index contributed by atoms with van der Waals surface area (Å²) >= 11 is 0. The minimum absolute atomic E-state index is 0.152. The van der Waals surface area contributed by atoms with Gasteiger partial charge in [-0.05, 0) is 36.6 Å². The van der Waals surface area contributed by atoms with Gasteiger partial charge >= 0.3 is 5.97 Å². The minimum atomic E-state index is -3.51. The van der Waals surface area contributed by atoms with Gasteiger partial charge in [0.25, 0.3) is 0 Å². The number of hydrogen-bond acceptors (Lipinski definition) is 4. The van der Waals surface area contributed by atoms with Crippen LogP contribution in [0.4, 0.5) is 0 Å². The summed E-state index contributed by atoms with van der Waals surface area (Å²) in [6.45, 7) is -0.00397. The molecule has 0 unspecified atom stereocenters. The van der Waals surface area contributed by atoms with E-state index in [4.69, 9.17) is 9.84 Å². The van der Waals surface area contributed by atoms with Gasteiger partial charge in [-0.2, -0.15) is 0 Å². The first kappa shape index (κ1) is 15.8. The summed E-state index contributed by atoms with van der Waals surface area (Å²) in [7, 11) is -3.51. The first-order valence-electron chi connectivity index (χ1n) is 6.92. The van der Waals surface area contributed by atoms with Crippen LogP contribution < -0.4 is 9.46 Å². The Morgan fingerprint density at radius 1 is 1.29 bits per heavy atom. The van der Waals surface area contributed by atoms with Crippen LogP contribution in [0.2, 0.25) is 0 Å². The summed E-state index contributed by atoms with van der Waals surface area (Å²) in [6, 6.07) is 5.71. The number of nitrogens with one attached hydrogen (secondary N) is 1. The van der Waals surface area contributed by atoms with Gasteiger partial charge in [-0.25, -0.2) is 17.9 Å². The fourth-order valence-electron chi connectivity index (χ4n) is 2.12. The number of sulfonamides is 1. The van der Waals surface area contributed by atoms with Crippen molar-refractivity contribution >= 4 is 16.0 Å². The van der Waals surface area contributed by atoms with Crippen LogP contribution in [0.1, 0.15) is 25.7 Å². The van der Waals surface area contributed by atoms with Crippen molar-refractivity contribution in [3.05, 3.63) is 24.3 Å². The topological polar surface area (TPSA) is 92.7 Å². The highest BCUT2D eigenvalue weighted by Crippen LogP contribution is 2.28. The maximum absolute atomic E-state index is 12.1. The fourth-order valence-corrected chi connectivity index (χ4v) is 3.17. The summed E-state index contributed by atoms with van der Waals surface area (Å²) in [5.74, 6) is -0.102. The van der Waals surface area contributed by atoms with Gasteiger partial charge in [0.15, 0.2) is 6.61 Å². The minimum Gasteiger partial charge on any atom is -0.482 e. The van der Waals surface area contributed by atoms with Crippen LogP contribution >= 0.6 is 0 Å². The molecule has 1 aliphatic rings. The molecule has 1 aromatic rings. The maximum atomic E-state index is 12.1. The molecule has 0 bridgehead atoms. The van der Waals surface area contributed by atoms with E-state index < -0.39 is 22.6 Å². The highest BCUT2D eigenvalue weighted by molar-refractivity contribution is 7.89. The lowest BCUT2D eigenvalue weighted by molar-refractivity contribution is -0.139. The molecule has 6 nitrogen and oxygen atoms in total. The molecule has 2 N–H and O–H groups in total. The Bertz CT molecular complexity index is 578. The van der Waals surface area contributed by atoms with E-state index in [1.54, 1.807) is 0 Å². The zero-order valence-corrected chi connectivity index (χ0v) is 12.4. The number of carbonyl (C=O) groups is 1. The molecule has 0 heterocycles. The average Bonchev–Trinajstić information content (AvgIpc) is 2.40. The smallest absolute Gasteiger partial charge is 0.341 e. The van der Waals surface area contributed by atoms with Crippen LogP contribution in [-0.4, -0.2) is 32.6 Å². The third-order valence-corrected chi connectivity index (χ3v) is 5.04. The Morgan fingerprint density at radius 3 is 2.48 bits per heavy atom. The second kappa shape index (κ2) is 6.91. The van der Waals surface area contributed by atoms with Crippen molar-refractivity contribution < 1.29 is 23.1 Å². The van der Waals surface area contributed by atoms with E-state index in [1.165, 1.54) is 43.5 Å². The van der Waals surface area contributed by atoms with Crippen molar-refractivity contribution in [3.8, 4) is 5.75 Å². The van der Waals surface area contributed by atoms with Crippen LogP contribution in [0.25, 0.3) is 0 Å². The molecule has 0 aliphatic heterocycles. The normalized spacial score (nSPS) is 15.4. The molecule has 0 spiro atoms. The molecule has 2 rings (SSSR count). The Morgan fingerprint density at radius 2 is 1.95 bits per heavy atom. The van der Waals surface area contributed by atoms with E-state index in [-0.39, 0.29) is 4.90 Å². The van der Waals surface area contributed by atoms with Gasteiger partial charge in [0.2, 0.25) is 10.0 Å². The molecule has 1 fully saturated rings. The molecule has 7 heteroatoms. The van der Waals surface area contributed by atoms with Gasteiger partial charge in [-0.3, -0.25) is 0 Å². The second-order valence-electron chi connectivity index (χ2n) is 5.14. The summed E-state index contributed by atoms with van der Waals surface area (Å²) in [5.41, 5.74) is 0. The van der Waals surface area contributed by atoms with Crippen LogP contribution in [0.3, 0.4) is 0 Å². The molecule has 0 saturated heterocycles. The first-order chi connectivity index (χ1) is 9.97. The highest BCUT2D eigenvalue weighted by Gasteiger charge is 2.19. The van der Waals surface area contributed by atoms with Crippen LogP contribution in [0.5, 0.6) is 5.75 Å². The third-order valence-electron chi connectivity index (χ3n) is 3.57. The Labute approximate surface area is 124 Å². The van der Waals surface area contributed by atoms with Crippen molar-refractivity contribution in [2.75, 3.05) is 13.2 Å². The number of carboxylic acid groups (broad SMARTS) is 1. The summed E-state index contributed by atoms with van der Waals surface area (Å²) in [4.78, 5) is 10.5. The number of aliphatic carboxylic acids is 1. The number of ether oxygens (including phenoxy) is 1. The lowest BCUT2D eigenvalue weighted by Crippen LogP contribution is -2.27. The standard InChI is InChI=1S/C14H19NO5S/c16-14(17)10-20-12-4-6-13(7-5-12)21(18,19)15-9-8-11-2-1-3-11/h4-7,11,15H,1-3,8-10H2,(H,16,17). The molecule has 0 radical (unpaired) electrons.